The van der Waals surface area contributed by atoms with Crippen molar-refractivity contribution in [3.63, 3.8) is 0 Å². The Kier molecular flexibility index (Phi) is 3.46. The first-order valence-electron chi connectivity index (χ1n) is 5.76. The Balaban J connectivity index is 1.99. The number of halogens is 2. The number of hydrogen-bond acceptors (Lipinski definition) is 4. The van der Waals surface area contributed by atoms with Gasteiger partial charge in [-0.1, -0.05) is 39.7 Å². The van der Waals surface area contributed by atoms with Crippen LogP contribution in [0, 0.1) is 0 Å². The van der Waals surface area contributed by atoms with Crippen LogP contribution in [-0.2, 0) is 0 Å². The van der Waals surface area contributed by atoms with Crippen LogP contribution in [0.3, 0.4) is 0 Å². The fourth-order valence-electron chi connectivity index (χ4n) is 1.81. The van der Waals surface area contributed by atoms with Gasteiger partial charge in [0, 0.05) is 4.47 Å². The van der Waals surface area contributed by atoms with E-state index in [9.17, 15) is 0 Å². The molecular weight excluding hydrogens is 342 g/mol. The van der Waals surface area contributed by atoms with Gasteiger partial charge < -0.3 is 10.5 Å². The zero-order valence-electron chi connectivity index (χ0n) is 10.2. The van der Waals surface area contributed by atoms with Gasteiger partial charge in [0.05, 0.1) is 0 Å². The normalized spacial score (nSPS) is 10.7. The van der Waals surface area contributed by atoms with E-state index in [-0.39, 0.29) is 16.7 Å². The van der Waals surface area contributed by atoms with E-state index in [0.717, 1.165) is 15.2 Å². The third kappa shape index (κ3) is 2.55. The van der Waals surface area contributed by atoms with Gasteiger partial charge in [-0.2, -0.15) is 4.98 Å². The molecule has 0 saturated heterocycles. The quantitative estimate of drug-likeness (QED) is 0.695. The topological polar surface area (TPSA) is 61.0 Å². The Morgan fingerprint density at radius 2 is 1.80 bits per heavy atom. The molecule has 0 spiro atoms. The summed E-state index contributed by atoms with van der Waals surface area (Å²) in [5, 5.41) is 2.35. The smallest absolute Gasteiger partial charge is 0.247 e. The minimum Gasteiger partial charge on any atom is -0.437 e. The highest BCUT2D eigenvalue weighted by Crippen LogP contribution is 2.31. The van der Waals surface area contributed by atoms with E-state index in [1.165, 1.54) is 6.33 Å². The summed E-state index contributed by atoms with van der Waals surface area (Å²) in [6.07, 6.45) is 1.31. The van der Waals surface area contributed by atoms with Gasteiger partial charge in [-0.3, -0.25) is 0 Å². The monoisotopic (exact) mass is 349 g/mol. The Hall–Kier alpha value is -1.85. The molecule has 1 aromatic heterocycles. The maximum Gasteiger partial charge on any atom is 0.247 e. The largest absolute Gasteiger partial charge is 0.437 e. The third-order valence-electron chi connectivity index (χ3n) is 2.79. The van der Waals surface area contributed by atoms with Crippen molar-refractivity contribution in [2.45, 2.75) is 0 Å². The number of fused-ring (bicyclic) bond motifs is 1. The van der Waals surface area contributed by atoms with Gasteiger partial charge >= 0.3 is 0 Å². The molecule has 0 atom stereocenters. The van der Waals surface area contributed by atoms with Crippen molar-refractivity contribution < 1.29 is 4.74 Å². The average Bonchev–Trinajstić information content (AvgIpc) is 2.44. The lowest BCUT2D eigenvalue weighted by Crippen LogP contribution is -1.97. The fourth-order valence-corrected chi connectivity index (χ4v) is 2.31. The summed E-state index contributed by atoms with van der Waals surface area (Å²) in [5.41, 5.74) is 6.00. The van der Waals surface area contributed by atoms with E-state index in [1.54, 1.807) is 0 Å². The zero-order valence-corrected chi connectivity index (χ0v) is 12.5. The van der Waals surface area contributed by atoms with Crippen LogP contribution in [0.15, 0.2) is 47.2 Å². The minimum atomic E-state index is 0.180. The highest BCUT2D eigenvalue weighted by Gasteiger charge is 2.08. The van der Waals surface area contributed by atoms with Gasteiger partial charge in [-0.25, -0.2) is 4.98 Å². The molecule has 20 heavy (non-hydrogen) atoms. The highest BCUT2D eigenvalue weighted by atomic mass is 79.9. The van der Waals surface area contributed by atoms with E-state index in [2.05, 4.69) is 25.9 Å². The Bertz CT molecular complexity index is 794. The van der Waals surface area contributed by atoms with Crippen molar-refractivity contribution in [2.75, 3.05) is 5.73 Å². The van der Waals surface area contributed by atoms with Crippen LogP contribution in [0.5, 0.6) is 11.6 Å². The average molecular weight is 351 g/mol. The van der Waals surface area contributed by atoms with Crippen LogP contribution in [0.1, 0.15) is 0 Å². The molecule has 0 aliphatic rings. The number of hydrogen-bond donors (Lipinski definition) is 1. The van der Waals surface area contributed by atoms with E-state index in [1.807, 2.05) is 36.4 Å². The first-order chi connectivity index (χ1) is 9.63. The molecule has 3 rings (SSSR count). The van der Waals surface area contributed by atoms with E-state index >= 15 is 0 Å². The molecule has 0 fully saturated rings. The lowest BCUT2D eigenvalue weighted by Gasteiger charge is -2.08. The molecule has 0 aliphatic heterocycles. The molecule has 100 valence electrons. The van der Waals surface area contributed by atoms with Crippen molar-refractivity contribution >= 4 is 44.0 Å². The standard InChI is InChI=1S/C14H9BrClN3O/c15-10-3-1-9-6-11(4-2-8(9)5-10)20-14-12(17)13(16)18-7-19-14/h1-7H,17H2. The summed E-state index contributed by atoms with van der Waals surface area (Å²) in [6, 6.07) is 11.7. The summed E-state index contributed by atoms with van der Waals surface area (Å²) in [5.74, 6) is 0.891. The van der Waals surface area contributed by atoms with Crippen molar-refractivity contribution in [1.29, 1.82) is 0 Å². The molecule has 2 N–H and O–H groups in total. The number of ether oxygens (including phenoxy) is 1. The van der Waals surface area contributed by atoms with Crippen LogP contribution < -0.4 is 10.5 Å². The molecule has 0 saturated carbocycles. The number of benzene rings is 2. The second-order valence-corrected chi connectivity index (χ2v) is 5.41. The number of nitrogen functional groups attached to an aromatic ring is 1. The van der Waals surface area contributed by atoms with Crippen LogP contribution in [-0.4, -0.2) is 9.97 Å². The van der Waals surface area contributed by atoms with Crippen LogP contribution >= 0.6 is 27.5 Å². The summed E-state index contributed by atoms with van der Waals surface area (Å²) < 4.78 is 6.69. The number of nitrogens with two attached hydrogens (primary N) is 1. The molecule has 0 aliphatic carbocycles. The molecule has 0 unspecified atom stereocenters. The summed E-state index contributed by atoms with van der Waals surface area (Å²) in [4.78, 5) is 7.76. The maximum atomic E-state index is 5.83. The number of rotatable bonds is 2. The number of anilines is 1. The van der Waals surface area contributed by atoms with Crippen molar-refractivity contribution in [3.05, 3.63) is 52.4 Å². The number of aromatic nitrogens is 2. The van der Waals surface area contributed by atoms with Crippen LogP contribution in [0.2, 0.25) is 5.15 Å². The van der Waals surface area contributed by atoms with Gasteiger partial charge in [0.1, 0.15) is 17.8 Å². The fraction of sp³-hybridized carbons (Fsp3) is 0. The van der Waals surface area contributed by atoms with Crippen molar-refractivity contribution in [2.24, 2.45) is 0 Å². The highest BCUT2D eigenvalue weighted by molar-refractivity contribution is 9.10. The molecule has 1 heterocycles. The molecule has 6 heteroatoms. The van der Waals surface area contributed by atoms with Gasteiger partial charge in [-0.15, -0.1) is 0 Å². The third-order valence-corrected chi connectivity index (χ3v) is 3.58. The molecule has 0 amide bonds. The minimum absolute atomic E-state index is 0.180. The Labute approximate surface area is 128 Å². The summed E-state index contributed by atoms with van der Waals surface area (Å²) in [7, 11) is 0. The van der Waals surface area contributed by atoms with Crippen LogP contribution in [0.4, 0.5) is 5.69 Å². The van der Waals surface area contributed by atoms with Crippen molar-refractivity contribution in [1.82, 2.24) is 9.97 Å². The molecule has 3 aromatic rings. The molecule has 0 bridgehead atoms. The molecule has 4 nitrogen and oxygen atoms in total. The lowest BCUT2D eigenvalue weighted by molar-refractivity contribution is 0.465. The van der Waals surface area contributed by atoms with Gasteiger partial charge in [0.15, 0.2) is 5.15 Å². The van der Waals surface area contributed by atoms with Crippen molar-refractivity contribution in [3.8, 4) is 11.6 Å². The summed E-state index contributed by atoms with van der Waals surface area (Å²) >= 11 is 9.27. The lowest BCUT2D eigenvalue weighted by atomic mass is 10.1. The predicted molar refractivity (Wildman–Crippen MR) is 83.2 cm³/mol. The SMILES string of the molecule is Nc1c(Cl)ncnc1Oc1ccc2cc(Br)ccc2c1. The van der Waals surface area contributed by atoms with Gasteiger partial charge in [0.25, 0.3) is 0 Å². The van der Waals surface area contributed by atoms with Gasteiger partial charge in [0.2, 0.25) is 5.88 Å². The zero-order chi connectivity index (χ0) is 14.1. The maximum absolute atomic E-state index is 5.83. The summed E-state index contributed by atoms with van der Waals surface area (Å²) in [6.45, 7) is 0. The molecule has 0 radical (unpaired) electrons. The van der Waals surface area contributed by atoms with Gasteiger partial charge in [-0.05, 0) is 35.0 Å². The van der Waals surface area contributed by atoms with E-state index in [0.29, 0.717) is 5.75 Å². The molecule has 2 aromatic carbocycles. The van der Waals surface area contributed by atoms with E-state index in [4.69, 9.17) is 22.1 Å². The second kappa shape index (κ2) is 5.26. The number of nitrogens with zero attached hydrogens (tertiary/aromatic N) is 2. The Morgan fingerprint density at radius 1 is 1.05 bits per heavy atom. The Morgan fingerprint density at radius 3 is 2.65 bits per heavy atom. The second-order valence-electron chi connectivity index (χ2n) is 4.14. The predicted octanol–water partition coefficient (Wildman–Crippen LogP) is 4.42. The van der Waals surface area contributed by atoms with Crippen LogP contribution in [0.25, 0.3) is 10.8 Å². The molecular formula is C14H9BrClN3O. The first-order valence-corrected chi connectivity index (χ1v) is 6.94. The van der Waals surface area contributed by atoms with E-state index < -0.39 is 0 Å². The first kappa shape index (κ1) is 13.1.